The molecule has 1 aliphatic heterocycles. The van der Waals surface area contributed by atoms with Gasteiger partial charge in [0.15, 0.2) is 0 Å². The van der Waals surface area contributed by atoms with Crippen molar-refractivity contribution in [1.82, 2.24) is 10.2 Å². The van der Waals surface area contributed by atoms with Crippen molar-refractivity contribution in [1.29, 1.82) is 0 Å². The third kappa shape index (κ3) is 3.33. The van der Waals surface area contributed by atoms with Crippen molar-refractivity contribution in [3.63, 3.8) is 0 Å². The molecule has 1 atom stereocenters. The number of piperidine rings is 1. The van der Waals surface area contributed by atoms with Crippen LogP contribution in [0.15, 0.2) is 10.5 Å². The van der Waals surface area contributed by atoms with E-state index in [2.05, 4.69) is 30.1 Å². The molecule has 0 spiro atoms. The molecule has 0 bridgehead atoms. The fourth-order valence-electron chi connectivity index (χ4n) is 2.68. The summed E-state index contributed by atoms with van der Waals surface area (Å²) in [5, 5.41) is 3.18. The molecular formula is C14H24N2O. The Labute approximate surface area is 104 Å². The third-order valence-corrected chi connectivity index (χ3v) is 3.56. The van der Waals surface area contributed by atoms with Gasteiger partial charge in [-0.05, 0) is 45.3 Å². The first-order valence-electron chi connectivity index (χ1n) is 6.64. The van der Waals surface area contributed by atoms with Crippen molar-refractivity contribution in [3.8, 4) is 0 Å². The van der Waals surface area contributed by atoms with Gasteiger partial charge < -0.3 is 9.73 Å². The fourth-order valence-corrected chi connectivity index (χ4v) is 2.68. The Kier molecular flexibility index (Phi) is 4.24. The van der Waals surface area contributed by atoms with Crippen LogP contribution in [0.4, 0.5) is 0 Å². The van der Waals surface area contributed by atoms with Crippen LogP contribution in [0.5, 0.6) is 0 Å². The average molecular weight is 236 g/mol. The quantitative estimate of drug-likeness (QED) is 0.871. The fraction of sp³-hybridized carbons (Fsp3) is 0.714. The van der Waals surface area contributed by atoms with Crippen LogP contribution in [0.25, 0.3) is 0 Å². The first-order valence-corrected chi connectivity index (χ1v) is 6.64. The summed E-state index contributed by atoms with van der Waals surface area (Å²) in [5.74, 6) is 3.00. The molecule has 1 aliphatic rings. The van der Waals surface area contributed by atoms with E-state index in [-0.39, 0.29) is 0 Å². The van der Waals surface area contributed by atoms with Gasteiger partial charge in [0.1, 0.15) is 11.5 Å². The number of hydrogen-bond donors (Lipinski definition) is 1. The summed E-state index contributed by atoms with van der Waals surface area (Å²) >= 11 is 0. The predicted molar refractivity (Wildman–Crippen MR) is 69.9 cm³/mol. The number of nitrogens with one attached hydrogen (secondary N) is 1. The molecule has 96 valence electrons. The Morgan fingerprint density at radius 3 is 3.06 bits per heavy atom. The van der Waals surface area contributed by atoms with Crippen LogP contribution in [0, 0.1) is 12.8 Å². The van der Waals surface area contributed by atoms with Crippen LogP contribution in [0.3, 0.4) is 0 Å². The average Bonchev–Trinajstić information content (AvgIpc) is 2.60. The van der Waals surface area contributed by atoms with Gasteiger partial charge in [-0.1, -0.05) is 6.92 Å². The lowest BCUT2D eigenvalue weighted by molar-refractivity contribution is 0.165. The van der Waals surface area contributed by atoms with Gasteiger partial charge in [0.05, 0.1) is 6.54 Å². The highest BCUT2D eigenvalue weighted by Crippen LogP contribution is 2.20. The van der Waals surface area contributed by atoms with E-state index < -0.39 is 0 Å². The molecule has 0 amide bonds. The summed E-state index contributed by atoms with van der Waals surface area (Å²) in [6.07, 6.45) is 2.70. The molecule has 1 saturated heterocycles. The molecule has 0 saturated carbocycles. The van der Waals surface area contributed by atoms with Gasteiger partial charge in [0.2, 0.25) is 0 Å². The van der Waals surface area contributed by atoms with E-state index in [1.54, 1.807) is 0 Å². The molecule has 1 fully saturated rings. The van der Waals surface area contributed by atoms with E-state index in [1.165, 1.54) is 31.5 Å². The second-order valence-corrected chi connectivity index (χ2v) is 5.31. The van der Waals surface area contributed by atoms with Crippen LogP contribution < -0.4 is 5.32 Å². The normalized spacial score (nSPS) is 21.9. The minimum Gasteiger partial charge on any atom is -0.465 e. The second kappa shape index (κ2) is 5.69. The van der Waals surface area contributed by atoms with Crippen LogP contribution >= 0.6 is 0 Å². The Morgan fingerprint density at radius 1 is 1.53 bits per heavy atom. The molecule has 0 aromatic carbocycles. The number of nitrogens with zero attached hydrogens (tertiary/aromatic N) is 1. The topological polar surface area (TPSA) is 28.4 Å². The maximum absolute atomic E-state index is 5.82. The molecule has 2 heterocycles. The van der Waals surface area contributed by atoms with E-state index in [9.17, 15) is 0 Å². The van der Waals surface area contributed by atoms with E-state index in [0.717, 1.165) is 30.5 Å². The largest absolute Gasteiger partial charge is 0.465 e. The smallest absolute Gasteiger partial charge is 0.118 e. The maximum Gasteiger partial charge on any atom is 0.118 e. The number of likely N-dealkylation sites (tertiary alicyclic amines) is 1. The molecule has 1 aromatic heterocycles. The summed E-state index contributed by atoms with van der Waals surface area (Å²) in [4.78, 5) is 2.51. The number of hydrogen-bond acceptors (Lipinski definition) is 3. The Morgan fingerprint density at radius 2 is 2.35 bits per heavy atom. The maximum atomic E-state index is 5.82. The Bertz CT molecular complexity index is 359. The van der Waals surface area contributed by atoms with E-state index in [1.807, 2.05) is 7.05 Å². The highest BCUT2D eigenvalue weighted by molar-refractivity contribution is 5.20. The van der Waals surface area contributed by atoms with Crippen molar-refractivity contribution >= 4 is 0 Å². The van der Waals surface area contributed by atoms with Crippen LogP contribution in [-0.4, -0.2) is 25.0 Å². The van der Waals surface area contributed by atoms with Crippen molar-refractivity contribution in [2.75, 3.05) is 20.1 Å². The van der Waals surface area contributed by atoms with Gasteiger partial charge in [-0.2, -0.15) is 0 Å². The van der Waals surface area contributed by atoms with E-state index in [0.29, 0.717) is 0 Å². The first kappa shape index (κ1) is 12.7. The third-order valence-electron chi connectivity index (χ3n) is 3.56. The van der Waals surface area contributed by atoms with Crippen molar-refractivity contribution in [2.45, 2.75) is 39.8 Å². The first-order chi connectivity index (χ1) is 8.19. The van der Waals surface area contributed by atoms with Gasteiger partial charge >= 0.3 is 0 Å². The highest BCUT2D eigenvalue weighted by Gasteiger charge is 2.18. The van der Waals surface area contributed by atoms with Crippen LogP contribution in [0.1, 0.15) is 36.8 Å². The molecule has 0 radical (unpaired) electrons. The van der Waals surface area contributed by atoms with Gasteiger partial charge in [0, 0.05) is 18.7 Å². The van der Waals surface area contributed by atoms with Crippen LogP contribution in [-0.2, 0) is 13.1 Å². The monoisotopic (exact) mass is 236 g/mol. The molecule has 0 aliphatic carbocycles. The molecule has 3 nitrogen and oxygen atoms in total. The second-order valence-electron chi connectivity index (χ2n) is 5.31. The minimum absolute atomic E-state index is 0.830. The minimum atomic E-state index is 0.830. The van der Waals surface area contributed by atoms with Crippen LogP contribution in [0.2, 0.25) is 0 Å². The SMILES string of the molecule is CNCc1cc(CN2CCCC(C)C2)oc1C. The molecule has 1 aromatic rings. The van der Waals surface area contributed by atoms with Gasteiger partial charge in [-0.25, -0.2) is 0 Å². The highest BCUT2D eigenvalue weighted by atomic mass is 16.3. The molecule has 1 unspecified atom stereocenters. The number of furan rings is 1. The summed E-state index contributed by atoms with van der Waals surface area (Å²) in [6.45, 7) is 8.67. The zero-order valence-corrected chi connectivity index (χ0v) is 11.3. The van der Waals surface area contributed by atoms with Gasteiger partial charge in [-0.15, -0.1) is 0 Å². The summed E-state index contributed by atoms with van der Waals surface area (Å²) in [6, 6.07) is 2.20. The van der Waals surface area contributed by atoms with E-state index in [4.69, 9.17) is 4.42 Å². The molecule has 1 N–H and O–H groups in total. The lowest BCUT2D eigenvalue weighted by Gasteiger charge is -2.29. The zero-order chi connectivity index (χ0) is 12.3. The predicted octanol–water partition coefficient (Wildman–Crippen LogP) is 2.54. The number of aryl methyl sites for hydroxylation is 1. The van der Waals surface area contributed by atoms with Crippen molar-refractivity contribution in [2.24, 2.45) is 5.92 Å². The number of rotatable bonds is 4. The summed E-state index contributed by atoms with van der Waals surface area (Å²) < 4.78 is 5.82. The molecule has 17 heavy (non-hydrogen) atoms. The molecule has 3 heteroatoms. The lowest BCUT2D eigenvalue weighted by Crippen LogP contribution is -2.33. The molecular weight excluding hydrogens is 212 g/mol. The standard InChI is InChI=1S/C14H24N2O/c1-11-5-4-6-16(9-11)10-14-7-13(8-15-3)12(2)17-14/h7,11,15H,4-6,8-10H2,1-3H3. The lowest BCUT2D eigenvalue weighted by atomic mass is 10.0. The van der Waals surface area contributed by atoms with Gasteiger partial charge in [0.25, 0.3) is 0 Å². The van der Waals surface area contributed by atoms with Gasteiger partial charge in [-0.3, -0.25) is 4.90 Å². The summed E-state index contributed by atoms with van der Waals surface area (Å²) in [7, 11) is 1.97. The Balaban J connectivity index is 1.95. The summed E-state index contributed by atoms with van der Waals surface area (Å²) in [5.41, 5.74) is 1.28. The zero-order valence-electron chi connectivity index (χ0n) is 11.3. The van der Waals surface area contributed by atoms with Crippen molar-refractivity contribution < 1.29 is 4.42 Å². The van der Waals surface area contributed by atoms with Crippen molar-refractivity contribution in [3.05, 3.63) is 23.2 Å². The molecule has 2 rings (SSSR count). The Hall–Kier alpha value is -0.800. The van der Waals surface area contributed by atoms with E-state index >= 15 is 0 Å².